The van der Waals surface area contributed by atoms with Gasteiger partial charge in [-0.15, -0.1) is 4.63 Å². The predicted octanol–water partition coefficient (Wildman–Crippen LogP) is 0.920. The van der Waals surface area contributed by atoms with Crippen LogP contribution in [0, 0.1) is 10.1 Å². The summed E-state index contributed by atoms with van der Waals surface area (Å²) in [5.41, 5.74) is 7.87. The molecule has 56 valence electrons. The minimum absolute atomic E-state index is 0.475. The maximum atomic E-state index is 10.0. The molecule has 0 saturated heterocycles. The number of nitrogens with zero attached hydrogens (tertiary/aromatic N) is 6. The molecule has 1 rings (SSSR count). The molecule has 1 aromatic heterocycles. The molecule has 0 spiro atoms. The number of hydrogen-bond donors (Lipinski definition) is 0. The molecule has 0 aliphatic carbocycles. The maximum absolute atomic E-state index is 10.0. The van der Waals surface area contributed by atoms with E-state index in [1.807, 2.05) is 0 Å². The highest BCUT2D eigenvalue weighted by Gasteiger charge is 2.19. The van der Waals surface area contributed by atoms with Crippen molar-refractivity contribution in [1.29, 1.82) is 0 Å². The van der Waals surface area contributed by atoms with Crippen LogP contribution in [0.1, 0.15) is 0 Å². The van der Waals surface area contributed by atoms with Crippen LogP contribution < -0.4 is 0 Å². The van der Waals surface area contributed by atoms with Crippen molar-refractivity contribution in [3.8, 4) is 0 Å². The van der Waals surface area contributed by atoms with E-state index in [2.05, 4.69) is 25.0 Å². The molecule has 0 aromatic carbocycles. The van der Waals surface area contributed by atoms with Crippen LogP contribution in [0.5, 0.6) is 0 Å². The topological polar surface area (TPSA) is 131 Å². The molecule has 0 fully saturated rings. The summed E-state index contributed by atoms with van der Waals surface area (Å²) in [6.07, 6.45) is 0. The lowest BCUT2D eigenvalue weighted by atomic mass is 10.7. The minimum Gasteiger partial charge on any atom is -0.358 e. The molecule has 0 aliphatic heterocycles. The van der Waals surface area contributed by atoms with Gasteiger partial charge in [0.15, 0.2) is 5.16 Å². The van der Waals surface area contributed by atoms with Crippen molar-refractivity contribution in [2.75, 3.05) is 0 Å². The molecule has 0 saturated carbocycles. The van der Waals surface area contributed by atoms with Crippen LogP contribution in [0.2, 0.25) is 0 Å². The summed E-state index contributed by atoms with van der Waals surface area (Å²) < 4.78 is 3.95. The fourth-order valence-corrected chi connectivity index (χ4v) is 0.400. The molecule has 0 bridgehead atoms. The Morgan fingerprint density at radius 1 is 1.73 bits per heavy atom. The third kappa shape index (κ3) is 1.22. The van der Waals surface area contributed by atoms with E-state index in [0.29, 0.717) is 0 Å². The van der Waals surface area contributed by atoms with Gasteiger partial charge in [-0.1, -0.05) is 0 Å². The zero-order valence-corrected chi connectivity index (χ0v) is 4.91. The minimum atomic E-state index is -0.861. The van der Waals surface area contributed by atoms with E-state index in [4.69, 9.17) is 5.53 Å². The molecule has 0 aliphatic rings. The fourth-order valence-electron chi connectivity index (χ4n) is 0.400. The van der Waals surface area contributed by atoms with E-state index in [9.17, 15) is 10.1 Å². The summed E-state index contributed by atoms with van der Waals surface area (Å²) in [6.45, 7) is 0. The van der Waals surface area contributed by atoms with Gasteiger partial charge in [0, 0.05) is 4.91 Å². The highest BCUT2D eigenvalue weighted by molar-refractivity contribution is 5.42. The van der Waals surface area contributed by atoms with Crippen molar-refractivity contribution in [2.45, 2.75) is 0 Å². The van der Waals surface area contributed by atoms with Gasteiger partial charge in [0.25, 0.3) is 5.82 Å². The average Bonchev–Trinajstić information content (AvgIpc) is 2.36. The van der Waals surface area contributed by atoms with Gasteiger partial charge in [0.2, 0.25) is 0 Å². The Hall–Kier alpha value is -2.15. The van der Waals surface area contributed by atoms with Gasteiger partial charge < -0.3 is 10.1 Å². The molecule has 0 amide bonds. The molecule has 9 heteroatoms. The molecule has 1 heterocycles. The Balaban J connectivity index is 3.15. The van der Waals surface area contributed by atoms with Gasteiger partial charge in [-0.05, 0) is 20.7 Å². The monoisotopic (exact) mass is 156 g/mol. The van der Waals surface area contributed by atoms with Crippen molar-refractivity contribution in [3.05, 3.63) is 20.6 Å². The molecular formula is C2N6O3. The van der Waals surface area contributed by atoms with E-state index in [0.717, 1.165) is 0 Å². The normalized spacial score (nSPS) is 8.73. The number of azide groups is 1. The van der Waals surface area contributed by atoms with Gasteiger partial charge in [0.05, 0.1) is 0 Å². The first-order valence-electron chi connectivity index (χ1n) is 2.27. The first kappa shape index (κ1) is 6.96. The zero-order chi connectivity index (χ0) is 8.27. The van der Waals surface area contributed by atoms with Crippen molar-refractivity contribution in [2.24, 2.45) is 5.11 Å². The molecule has 0 unspecified atom stereocenters. The van der Waals surface area contributed by atoms with E-state index in [1.165, 1.54) is 0 Å². The molecule has 0 radical (unpaired) electrons. The number of aromatic nitrogens is 2. The molecular weight excluding hydrogens is 156 g/mol. The highest BCUT2D eigenvalue weighted by Crippen LogP contribution is 2.20. The third-order valence-corrected chi connectivity index (χ3v) is 0.767. The van der Waals surface area contributed by atoms with E-state index in [-0.39, 0.29) is 0 Å². The predicted molar refractivity (Wildman–Crippen MR) is 29.8 cm³/mol. The molecule has 1 aromatic rings. The van der Waals surface area contributed by atoms with Crippen molar-refractivity contribution in [3.63, 3.8) is 0 Å². The largest absolute Gasteiger partial charge is 0.444 e. The summed E-state index contributed by atoms with van der Waals surface area (Å²) in [4.78, 5) is 11.4. The van der Waals surface area contributed by atoms with Gasteiger partial charge in [-0.25, -0.2) is 0 Å². The second-order valence-corrected chi connectivity index (χ2v) is 1.36. The summed E-state index contributed by atoms with van der Waals surface area (Å²) in [6, 6.07) is 0. The lowest BCUT2D eigenvalue weighted by molar-refractivity contribution is -0.390. The van der Waals surface area contributed by atoms with Crippen LogP contribution in [-0.4, -0.2) is 15.2 Å². The number of hydrogen-bond acceptors (Lipinski definition) is 6. The van der Waals surface area contributed by atoms with Gasteiger partial charge in [0.1, 0.15) is 0 Å². The molecule has 0 N–H and O–H groups in total. The lowest BCUT2D eigenvalue weighted by Crippen LogP contribution is -1.86. The first-order valence-corrected chi connectivity index (χ1v) is 2.27. The smallest absolute Gasteiger partial charge is 0.358 e. The van der Waals surface area contributed by atoms with Crippen LogP contribution in [-0.2, 0) is 0 Å². The third-order valence-electron chi connectivity index (χ3n) is 0.767. The van der Waals surface area contributed by atoms with Crippen molar-refractivity contribution in [1.82, 2.24) is 10.3 Å². The van der Waals surface area contributed by atoms with Crippen LogP contribution in [0.3, 0.4) is 0 Å². The summed E-state index contributed by atoms with van der Waals surface area (Å²) in [5.74, 6) is -1.17. The highest BCUT2D eigenvalue weighted by atomic mass is 16.6. The number of nitro groups is 1. The molecule has 9 nitrogen and oxygen atoms in total. The molecule has 11 heavy (non-hydrogen) atoms. The summed E-state index contributed by atoms with van der Waals surface area (Å²) >= 11 is 0. The summed E-state index contributed by atoms with van der Waals surface area (Å²) in [7, 11) is 0. The average molecular weight is 156 g/mol. The van der Waals surface area contributed by atoms with Gasteiger partial charge in [-0.2, -0.15) is 0 Å². The van der Waals surface area contributed by atoms with E-state index >= 15 is 0 Å². The van der Waals surface area contributed by atoms with Crippen LogP contribution in [0.15, 0.2) is 9.74 Å². The number of rotatable bonds is 2. The van der Waals surface area contributed by atoms with E-state index < -0.39 is 16.6 Å². The summed E-state index contributed by atoms with van der Waals surface area (Å²) in [5, 5.41) is 18.7. The quantitative estimate of drug-likeness (QED) is 0.206. The van der Waals surface area contributed by atoms with Crippen LogP contribution in [0.25, 0.3) is 10.4 Å². The Morgan fingerprint density at radius 3 is 3.00 bits per heavy atom. The second kappa shape index (κ2) is 2.62. The lowest BCUT2D eigenvalue weighted by Gasteiger charge is -1.82. The fraction of sp³-hybridized carbons (Fsp3) is 0. The van der Waals surface area contributed by atoms with Gasteiger partial charge >= 0.3 is 5.82 Å². The SMILES string of the molecule is [N-]=[N+]=Nc1nonc1[N+](=O)[O-]. The Kier molecular flexibility index (Phi) is 1.66. The van der Waals surface area contributed by atoms with Crippen molar-refractivity contribution < 1.29 is 9.55 Å². The Morgan fingerprint density at radius 2 is 2.45 bits per heavy atom. The second-order valence-electron chi connectivity index (χ2n) is 1.36. The van der Waals surface area contributed by atoms with Crippen LogP contribution in [0.4, 0.5) is 11.6 Å². The zero-order valence-electron chi connectivity index (χ0n) is 4.91. The maximum Gasteiger partial charge on any atom is 0.444 e. The first-order chi connectivity index (χ1) is 5.25. The Labute approximate surface area is 58.4 Å². The standard InChI is InChI=1S/C2N6O3/c3-7-4-1-2(8(9)10)6-11-5-1. The molecule has 0 atom stereocenters. The Bertz CT molecular complexity index is 306. The van der Waals surface area contributed by atoms with Crippen LogP contribution >= 0.6 is 0 Å². The van der Waals surface area contributed by atoms with Gasteiger partial charge in [-0.3, -0.25) is 0 Å². The van der Waals surface area contributed by atoms with Crippen molar-refractivity contribution >= 4 is 11.6 Å². The van der Waals surface area contributed by atoms with E-state index in [1.54, 1.807) is 0 Å².